The number of nitrogens with zero attached hydrogens (tertiary/aromatic N) is 3. The van der Waals surface area contributed by atoms with Gasteiger partial charge in [0.15, 0.2) is 0 Å². The van der Waals surface area contributed by atoms with Crippen molar-refractivity contribution in [3.05, 3.63) is 41.2 Å². The average molecular weight is 240 g/mol. The molecule has 0 aliphatic heterocycles. The summed E-state index contributed by atoms with van der Waals surface area (Å²) in [7, 11) is 0. The summed E-state index contributed by atoms with van der Waals surface area (Å²) in [6.07, 6.45) is 1.62. The van der Waals surface area contributed by atoms with Crippen molar-refractivity contribution >= 4 is 5.69 Å². The minimum Gasteiger partial charge on any atom is -0.396 e. The van der Waals surface area contributed by atoms with Crippen LogP contribution in [0.4, 0.5) is 5.69 Å². The molecule has 0 saturated heterocycles. The van der Waals surface area contributed by atoms with Crippen LogP contribution in [0.5, 0.6) is 0 Å². The summed E-state index contributed by atoms with van der Waals surface area (Å²) in [5, 5.41) is 13.5. The number of nitriles is 1. The van der Waals surface area contributed by atoms with Gasteiger partial charge in [-0.15, -0.1) is 0 Å². The average Bonchev–Trinajstić information content (AvgIpc) is 2.75. The lowest BCUT2D eigenvalue weighted by atomic mass is 10.2. The van der Waals surface area contributed by atoms with Crippen molar-refractivity contribution in [3.63, 3.8) is 0 Å². The molecule has 2 aromatic rings. The number of benzene rings is 1. The van der Waals surface area contributed by atoms with E-state index in [0.717, 1.165) is 35.6 Å². The maximum Gasteiger partial charge on any atom is 0.0992 e. The van der Waals surface area contributed by atoms with E-state index in [1.165, 1.54) is 0 Å². The fraction of sp³-hybridized carbons (Fsp3) is 0.286. The Labute approximate surface area is 107 Å². The van der Waals surface area contributed by atoms with Gasteiger partial charge in [0.2, 0.25) is 0 Å². The highest BCUT2D eigenvalue weighted by Gasteiger charge is 2.13. The van der Waals surface area contributed by atoms with Gasteiger partial charge in [-0.3, -0.25) is 0 Å². The van der Waals surface area contributed by atoms with E-state index in [2.05, 4.69) is 18.1 Å². The molecule has 0 spiro atoms. The third kappa shape index (κ3) is 1.95. The minimum atomic E-state index is 0.627. The molecule has 2 N–H and O–H groups in total. The highest BCUT2D eigenvalue weighted by molar-refractivity contribution is 5.53. The van der Waals surface area contributed by atoms with Gasteiger partial charge >= 0.3 is 0 Å². The van der Waals surface area contributed by atoms with Crippen molar-refractivity contribution in [3.8, 4) is 11.8 Å². The van der Waals surface area contributed by atoms with Crippen LogP contribution in [0.25, 0.3) is 5.69 Å². The maximum absolute atomic E-state index is 8.94. The Hall–Kier alpha value is -2.28. The molecule has 0 bridgehead atoms. The second-order valence-corrected chi connectivity index (χ2v) is 4.09. The number of aryl methyl sites for hydroxylation is 1. The number of aromatic nitrogens is 2. The molecule has 0 aliphatic rings. The number of nitrogen functional groups attached to an aromatic ring is 1. The fourth-order valence-corrected chi connectivity index (χ4v) is 2.04. The molecule has 1 aromatic heterocycles. The van der Waals surface area contributed by atoms with Crippen molar-refractivity contribution < 1.29 is 0 Å². The predicted molar refractivity (Wildman–Crippen MR) is 71.4 cm³/mol. The monoisotopic (exact) mass is 240 g/mol. The van der Waals surface area contributed by atoms with Crippen LogP contribution >= 0.6 is 0 Å². The number of anilines is 1. The first kappa shape index (κ1) is 12.2. The van der Waals surface area contributed by atoms with Gasteiger partial charge in [0, 0.05) is 0 Å². The molecule has 4 heteroatoms. The minimum absolute atomic E-state index is 0.627. The Morgan fingerprint density at radius 1 is 1.33 bits per heavy atom. The highest BCUT2D eigenvalue weighted by atomic mass is 15.3. The number of nitrogens with two attached hydrogens (primary N) is 1. The Morgan fingerprint density at radius 2 is 2.11 bits per heavy atom. The van der Waals surface area contributed by atoms with Gasteiger partial charge < -0.3 is 5.73 Å². The van der Waals surface area contributed by atoms with Crippen LogP contribution in [-0.2, 0) is 12.8 Å². The fourth-order valence-electron chi connectivity index (χ4n) is 2.04. The van der Waals surface area contributed by atoms with Crippen LogP contribution in [0.1, 0.15) is 30.8 Å². The largest absolute Gasteiger partial charge is 0.396 e. The van der Waals surface area contributed by atoms with E-state index in [0.29, 0.717) is 5.56 Å². The SMILES string of the molecule is CCc1nn(-c2cccc(C#N)c2)c(CC)c1N. The van der Waals surface area contributed by atoms with Gasteiger partial charge in [-0.05, 0) is 31.0 Å². The molecular weight excluding hydrogens is 224 g/mol. The number of hydrogen-bond donors (Lipinski definition) is 1. The molecule has 18 heavy (non-hydrogen) atoms. The molecule has 0 aliphatic carbocycles. The molecule has 0 unspecified atom stereocenters. The lowest BCUT2D eigenvalue weighted by molar-refractivity contribution is 0.794. The van der Waals surface area contributed by atoms with Crippen molar-refractivity contribution in [2.75, 3.05) is 5.73 Å². The van der Waals surface area contributed by atoms with E-state index in [-0.39, 0.29) is 0 Å². The molecule has 0 amide bonds. The first-order valence-corrected chi connectivity index (χ1v) is 6.08. The Balaban J connectivity index is 2.59. The highest BCUT2D eigenvalue weighted by Crippen LogP contribution is 2.22. The summed E-state index contributed by atoms with van der Waals surface area (Å²) in [6.45, 7) is 4.09. The van der Waals surface area contributed by atoms with E-state index in [4.69, 9.17) is 11.0 Å². The molecule has 0 fully saturated rings. The summed E-state index contributed by atoms with van der Waals surface area (Å²) in [5.74, 6) is 0. The summed E-state index contributed by atoms with van der Waals surface area (Å²) in [6, 6.07) is 9.54. The maximum atomic E-state index is 8.94. The van der Waals surface area contributed by atoms with Crippen molar-refractivity contribution in [2.24, 2.45) is 0 Å². The van der Waals surface area contributed by atoms with Gasteiger partial charge in [-0.25, -0.2) is 4.68 Å². The molecule has 0 radical (unpaired) electrons. The molecule has 1 aromatic carbocycles. The van der Waals surface area contributed by atoms with Gasteiger partial charge in [-0.2, -0.15) is 10.4 Å². The molecule has 0 atom stereocenters. The van der Waals surface area contributed by atoms with Gasteiger partial charge in [0.1, 0.15) is 0 Å². The number of hydrogen-bond acceptors (Lipinski definition) is 3. The summed E-state index contributed by atoms with van der Waals surface area (Å²) in [4.78, 5) is 0. The smallest absolute Gasteiger partial charge is 0.0992 e. The topological polar surface area (TPSA) is 67.6 Å². The Kier molecular flexibility index (Phi) is 3.33. The molecule has 0 saturated carbocycles. The first-order chi connectivity index (χ1) is 8.71. The number of rotatable bonds is 3. The standard InChI is InChI=1S/C14H16N4/c1-3-12-14(16)13(4-2)18(17-12)11-7-5-6-10(8-11)9-15/h5-8H,3-4,16H2,1-2H3. The molecular formula is C14H16N4. The second-order valence-electron chi connectivity index (χ2n) is 4.09. The van der Waals surface area contributed by atoms with E-state index in [1.807, 2.05) is 29.8 Å². The zero-order chi connectivity index (χ0) is 13.1. The van der Waals surface area contributed by atoms with E-state index >= 15 is 0 Å². The third-order valence-electron chi connectivity index (χ3n) is 2.99. The lowest BCUT2D eigenvalue weighted by Gasteiger charge is -2.06. The van der Waals surface area contributed by atoms with Crippen LogP contribution in [0, 0.1) is 11.3 Å². The van der Waals surface area contributed by atoms with Crippen LogP contribution in [0.2, 0.25) is 0 Å². The summed E-state index contributed by atoms with van der Waals surface area (Å²) < 4.78 is 1.84. The third-order valence-corrected chi connectivity index (χ3v) is 2.99. The van der Waals surface area contributed by atoms with Crippen LogP contribution in [0.15, 0.2) is 24.3 Å². The van der Waals surface area contributed by atoms with E-state index in [1.54, 1.807) is 6.07 Å². The molecule has 92 valence electrons. The van der Waals surface area contributed by atoms with Crippen LogP contribution in [0.3, 0.4) is 0 Å². The zero-order valence-corrected chi connectivity index (χ0v) is 10.6. The van der Waals surface area contributed by atoms with Crippen molar-refractivity contribution in [1.29, 1.82) is 5.26 Å². The summed E-state index contributed by atoms with van der Waals surface area (Å²) in [5.41, 5.74) is 10.3. The van der Waals surface area contributed by atoms with Crippen LogP contribution < -0.4 is 5.73 Å². The van der Waals surface area contributed by atoms with Gasteiger partial charge in [0.25, 0.3) is 0 Å². The van der Waals surface area contributed by atoms with Gasteiger partial charge in [0.05, 0.1) is 34.4 Å². The zero-order valence-electron chi connectivity index (χ0n) is 10.6. The van der Waals surface area contributed by atoms with Gasteiger partial charge in [-0.1, -0.05) is 19.9 Å². The normalized spacial score (nSPS) is 10.3. The molecule has 2 rings (SSSR count). The predicted octanol–water partition coefficient (Wildman–Crippen LogP) is 2.45. The Morgan fingerprint density at radius 3 is 2.72 bits per heavy atom. The Bertz CT molecular complexity index is 605. The van der Waals surface area contributed by atoms with E-state index < -0.39 is 0 Å². The van der Waals surface area contributed by atoms with Crippen LogP contribution in [-0.4, -0.2) is 9.78 Å². The lowest BCUT2D eigenvalue weighted by Crippen LogP contribution is -2.02. The van der Waals surface area contributed by atoms with Crippen molar-refractivity contribution in [2.45, 2.75) is 26.7 Å². The van der Waals surface area contributed by atoms with Crippen molar-refractivity contribution in [1.82, 2.24) is 9.78 Å². The molecule has 4 nitrogen and oxygen atoms in total. The first-order valence-electron chi connectivity index (χ1n) is 6.08. The van der Waals surface area contributed by atoms with E-state index in [9.17, 15) is 0 Å². The summed E-state index contributed by atoms with van der Waals surface area (Å²) >= 11 is 0. The quantitative estimate of drug-likeness (QED) is 0.896. The molecule has 1 heterocycles. The second kappa shape index (κ2) is 4.92.